The molecule has 1 amide bonds. The Hall–Kier alpha value is -2.36. The molecule has 1 fully saturated rings. The van der Waals surface area contributed by atoms with E-state index in [1.807, 2.05) is 74.5 Å². The molecule has 1 saturated heterocycles. The van der Waals surface area contributed by atoms with Gasteiger partial charge in [0.1, 0.15) is 0 Å². The number of para-hydroxylation sites is 1. The molecule has 128 valence electrons. The second-order valence-electron chi connectivity index (χ2n) is 6.02. The Balaban J connectivity index is 1.97. The van der Waals surface area contributed by atoms with Crippen LogP contribution < -0.4 is 9.80 Å². The quantitative estimate of drug-likeness (QED) is 0.586. The van der Waals surface area contributed by atoms with Crippen LogP contribution in [0.2, 0.25) is 0 Å². The monoisotopic (exact) mass is 399 g/mol. The fraction of sp³-hybridized carbons (Fsp3) is 0.200. The molecule has 0 N–H and O–H groups in total. The van der Waals surface area contributed by atoms with Crippen molar-refractivity contribution in [1.82, 2.24) is 4.90 Å². The predicted molar refractivity (Wildman–Crippen MR) is 106 cm³/mol. The van der Waals surface area contributed by atoms with E-state index in [-0.39, 0.29) is 5.91 Å². The molecule has 0 aromatic heterocycles. The fourth-order valence-electron chi connectivity index (χ4n) is 2.82. The Morgan fingerprint density at radius 1 is 1.04 bits per heavy atom. The first-order chi connectivity index (χ1) is 12.0. The van der Waals surface area contributed by atoms with Gasteiger partial charge in [0.15, 0.2) is 0 Å². The molecule has 0 radical (unpaired) electrons. The minimum atomic E-state index is -0.0153. The number of likely N-dealkylation sites (N-methyl/N-ethyl adjacent to an activating group) is 1. The van der Waals surface area contributed by atoms with Gasteiger partial charge < -0.3 is 0 Å². The molecule has 0 bridgehead atoms. The number of anilines is 2. The number of amides is 1. The van der Waals surface area contributed by atoms with Crippen molar-refractivity contribution in [2.75, 3.05) is 30.4 Å². The third kappa shape index (κ3) is 3.39. The summed E-state index contributed by atoms with van der Waals surface area (Å²) in [5, 5.41) is 0. The average Bonchev–Trinajstić information content (AvgIpc) is 2.86. The van der Waals surface area contributed by atoms with Crippen molar-refractivity contribution in [3.8, 4) is 0 Å². The van der Waals surface area contributed by atoms with E-state index in [9.17, 15) is 4.79 Å². The third-order valence-electron chi connectivity index (χ3n) is 4.18. The molecule has 4 nitrogen and oxygen atoms in total. The normalized spacial score (nSPS) is 16.0. The van der Waals surface area contributed by atoms with Crippen LogP contribution in [0.1, 0.15) is 12.5 Å². The van der Waals surface area contributed by atoms with Gasteiger partial charge in [-0.15, -0.1) is 0 Å². The summed E-state index contributed by atoms with van der Waals surface area (Å²) >= 11 is 3.06. The van der Waals surface area contributed by atoms with Crippen LogP contribution >= 0.6 is 0 Å². The number of rotatable bonds is 4. The second kappa shape index (κ2) is 7.26. The molecule has 0 aliphatic carbocycles. The van der Waals surface area contributed by atoms with Crippen LogP contribution in [0.4, 0.5) is 11.4 Å². The number of carbonyl (C=O) groups excluding carboxylic acids is 1. The van der Waals surface area contributed by atoms with E-state index < -0.39 is 0 Å². The summed E-state index contributed by atoms with van der Waals surface area (Å²) in [6.45, 7) is 2.76. The van der Waals surface area contributed by atoms with E-state index in [0.29, 0.717) is 5.70 Å². The summed E-state index contributed by atoms with van der Waals surface area (Å²) in [7, 11) is 4.03. The zero-order valence-corrected chi connectivity index (χ0v) is 16.4. The molecule has 0 spiro atoms. The van der Waals surface area contributed by atoms with Gasteiger partial charge in [-0.1, -0.05) is 0 Å². The number of benzene rings is 2. The zero-order chi connectivity index (χ0) is 18.0. The van der Waals surface area contributed by atoms with Gasteiger partial charge in [0, 0.05) is 0 Å². The van der Waals surface area contributed by atoms with Crippen molar-refractivity contribution in [2.24, 2.45) is 0 Å². The number of carbonyl (C=O) groups is 1. The topological polar surface area (TPSA) is 26.8 Å². The van der Waals surface area contributed by atoms with Gasteiger partial charge in [-0.05, 0) is 0 Å². The summed E-state index contributed by atoms with van der Waals surface area (Å²) in [6.07, 6.45) is 1.95. The van der Waals surface area contributed by atoms with Gasteiger partial charge in [-0.3, -0.25) is 0 Å². The Kier molecular flexibility index (Phi) is 5.07. The standard InChI is InChI=1S/C20H21N3OSe/c1-4-22-18(14-15-10-12-16(13-11-15)21(2)3)19(24)23(20(22)25)17-8-6-5-7-9-17/h5-14H,4H2,1-3H3. The van der Waals surface area contributed by atoms with Gasteiger partial charge >= 0.3 is 157 Å². The molecular formula is C20H21N3OSe. The van der Waals surface area contributed by atoms with Gasteiger partial charge in [0.05, 0.1) is 0 Å². The van der Waals surface area contributed by atoms with Crippen LogP contribution in [0.3, 0.4) is 0 Å². The second-order valence-corrected chi connectivity index (χ2v) is 6.78. The molecule has 5 heteroatoms. The van der Waals surface area contributed by atoms with Crippen molar-refractivity contribution in [3.63, 3.8) is 0 Å². The molecule has 3 rings (SSSR count). The molecule has 0 unspecified atom stereocenters. The number of hydrogen-bond donors (Lipinski definition) is 0. The zero-order valence-electron chi connectivity index (χ0n) is 14.6. The van der Waals surface area contributed by atoms with E-state index in [1.54, 1.807) is 4.90 Å². The Morgan fingerprint density at radius 2 is 1.68 bits per heavy atom. The molecule has 2 aromatic carbocycles. The maximum atomic E-state index is 13.0. The van der Waals surface area contributed by atoms with E-state index in [4.69, 9.17) is 0 Å². The van der Waals surface area contributed by atoms with E-state index in [2.05, 4.69) is 32.6 Å². The van der Waals surface area contributed by atoms with Crippen LogP contribution in [0.5, 0.6) is 0 Å². The summed E-state index contributed by atoms with van der Waals surface area (Å²) in [5.74, 6) is -0.0153. The third-order valence-corrected chi connectivity index (χ3v) is 5.02. The summed E-state index contributed by atoms with van der Waals surface area (Å²) in [5.41, 5.74) is 3.69. The first-order valence-electron chi connectivity index (χ1n) is 8.23. The van der Waals surface area contributed by atoms with Crippen molar-refractivity contribution < 1.29 is 4.79 Å². The van der Waals surface area contributed by atoms with Crippen LogP contribution in [-0.2, 0) is 4.79 Å². The predicted octanol–water partition coefficient (Wildman–Crippen LogP) is 2.72. The van der Waals surface area contributed by atoms with Crippen LogP contribution in [-0.4, -0.2) is 51.7 Å². The van der Waals surface area contributed by atoms with Gasteiger partial charge in [-0.25, -0.2) is 0 Å². The number of nitrogens with zero attached hydrogens (tertiary/aromatic N) is 3. The van der Waals surface area contributed by atoms with Crippen molar-refractivity contribution in [2.45, 2.75) is 6.92 Å². The SMILES string of the molecule is CCN1C(=[Se])N(c2ccccc2)C(=O)C1=Cc1ccc(N(C)C)cc1. The molecule has 0 saturated carbocycles. The first-order valence-corrected chi connectivity index (χ1v) is 9.08. The summed E-state index contributed by atoms with van der Waals surface area (Å²) in [4.78, 5) is 18.8. The van der Waals surface area contributed by atoms with Crippen molar-refractivity contribution in [3.05, 3.63) is 65.9 Å². The van der Waals surface area contributed by atoms with Gasteiger partial charge in [0.2, 0.25) is 0 Å². The van der Waals surface area contributed by atoms with Crippen molar-refractivity contribution in [1.29, 1.82) is 0 Å². The minimum absolute atomic E-state index is 0.0153. The van der Waals surface area contributed by atoms with Crippen LogP contribution in [0.15, 0.2) is 60.3 Å². The van der Waals surface area contributed by atoms with E-state index in [1.165, 1.54) is 0 Å². The Morgan fingerprint density at radius 3 is 2.24 bits per heavy atom. The van der Waals surface area contributed by atoms with Crippen LogP contribution in [0, 0.1) is 0 Å². The molecule has 2 aromatic rings. The molecular weight excluding hydrogens is 377 g/mol. The van der Waals surface area contributed by atoms with Crippen LogP contribution in [0.25, 0.3) is 6.08 Å². The first kappa shape index (κ1) is 17.5. The number of hydrogen-bond acceptors (Lipinski definition) is 3. The Bertz CT molecular complexity index is 813. The van der Waals surface area contributed by atoms with Gasteiger partial charge in [0.25, 0.3) is 0 Å². The summed E-state index contributed by atoms with van der Waals surface area (Å²) < 4.78 is 0.815. The molecule has 25 heavy (non-hydrogen) atoms. The average molecular weight is 398 g/mol. The molecule has 1 aliphatic rings. The molecule has 1 heterocycles. The molecule has 0 atom stereocenters. The fourth-order valence-corrected chi connectivity index (χ4v) is 3.69. The van der Waals surface area contributed by atoms with E-state index >= 15 is 0 Å². The van der Waals surface area contributed by atoms with Crippen molar-refractivity contribution >= 4 is 43.6 Å². The Labute approximate surface area is 156 Å². The maximum absolute atomic E-state index is 13.0. The molecule has 1 aliphatic heterocycles. The summed E-state index contributed by atoms with van der Waals surface area (Å²) in [6, 6.07) is 17.9. The van der Waals surface area contributed by atoms with E-state index in [0.717, 1.165) is 28.1 Å². The van der Waals surface area contributed by atoms with Gasteiger partial charge in [-0.2, -0.15) is 0 Å².